The number of hydrogen-bond donors (Lipinski definition) is 0. The van der Waals surface area contributed by atoms with Crippen molar-refractivity contribution in [3.05, 3.63) is 53.1 Å². The predicted octanol–water partition coefficient (Wildman–Crippen LogP) is 4.90. The minimum absolute atomic E-state index is 0.0389. The molecule has 0 aliphatic heterocycles. The smallest absolute Gasteiger partial charge is 0.119 e. The number of fused-ring (bicyclic) bond motifs is 1. The van der Waals surface area contributed by atoms with Crippen molar-refractivity contribution in [3.63, 3.8) is 0 Å². The van der Waals surface area contributed by atoms with Gasteiger partial charge in [-0.3, -0.25) is 9.55 Å². The van der Waals surface area contributed by atoms with Crippen LogP contribution in [0, 0.1) is 13.8 Å². The van der Waals surface area contributed by atoms with Crippen LogP contribution in [0.2, 0.25) is 0 Å². The van der Waals surface area contributed by atoms with Crippen molar-refractivity contribution < 1.29 is 0 Å². The highest BCUT2D eigenvalue weighted by atomic mass is 15.1. The molecule has 120 valence electrons. The first-order chi connectivity index (χ1) is 10.8. The highest BCUT2D eigenvalue weighted by Crippen LogP contribution is 2.31. The fourth-order valence-electron chi connectivity index (χ4n) is 3.03. The monoisotopic (exact) mass is 307 g/mol. The molecule has 2 heterocycles. The van der Waals surface area contributed by atoms with Gasteiger partial charge in [0.1, 0.15) is 11.3 Å². The van der Waals surface area contributed by atoms with E-state index < -0.39 is 0 Å². The number of aromatic nitrogens is 3. The van der Waals surface area contributed by atoms with Crippen molar-refractivity contribution >= 4 is 11.0 Å². The number of benzene rings is 1. The second-order valence-corrected chi connectivity index (χ2v) is 7.26. The van der Waals surface area contributed by atoms with Crippen LogP contribution in [0.25, 0.3) is 16.7 Å². The molecule has 0 aliphatic rings. The molecule has 3 nitrogen and oxygen atoms in total. The number of rotatable bonds is 2. The lowest BCUT2D eigenvalue weighted by Crippen LogP contribution is -2.18. The van der Waals surface area contributed by atoms with E-state index in [2.05, 4.69) is 67.6 Å². The van der Waals surface area contributed by atoms with E-state index in [1.54, 1.807) is 0 Å². The Kier molecular flexibility index (Phi) is 3.75. The molecule has 0 atom stereocenters. The van der Waals surface area contributed by atoms with Gasteiger partial charge in [-0.25, -0.2) is 4.98 Å². The fraction of sp³-hybridized carbons (Fsp3) is 0.400. The summed E-state index contributed by atoms with van der Waals surface area (Å²) >= 11 is 0. The predicted molar refractivity (Wildman–Crippen MR) is 96.4 cm³/mol. The molecule has 0 fully saturated rings. The van der Waals surface area contributed by atoms with Gasteiger partial charge < -0.3 is 0 Å². The lowest BCUT2D eigenvalue weighted by Gasteiger charge is -2.20. The van der Waals surface area contributed by atoms with Crippen molar-refractivity contribution in [2.24, 2.45) is 0 Å². The Morgan fingerprint density at radius 2 is 1.65 bits per heavy atom. The molecule has 0 spiro atoms. The Balaban J connectivity index is 2.35. The topological polar surface area (TPSA) is 30.7 Å². The van der Waals surface area contributed by atoms with Gasteiger partial charge in [-0.15, -0.1) is 0 Å². The van der Waals surface area contributed by atoms with Gasteiger partial charge in [0.25, 0.3) is 0 Å². The summed E-state index contributed by atoms with van der Waals surface area (Å²) in [4.78, 5) is 9.53. The van der Waals surface area contributed by atoms with E-state index in [1.807, 2.05) is 13.8 Å². The van der Waals surface area contributed by atoms with E-state index in [0.29, 0.717) is 0 Å². The Morgan fingerprint density at radius 3 is 2.22 bits per heavy atom. The standard InChI is InChI=1S/C20H25N3/c1-7-15-8-10-16(11-9-15)23-17-12-13(2)21-14(3)18(17)22-19(23)20(4,5)6/h8-12H,7H2,1-6H3. The largest absolute Gasteiger partial charge is 0.296 e. The van der Waals surface area contributed by atoms with Crippen LogP contribution < -0.4 is 0 Å². The zero-order valence-corrected chi connectivity index (χ0v) is 14.9. The Hall–Kier alpha value is -2.16. The van der Waals surface area contributed by atoms with Crippen molar-refractivity contribution in [2.75, 3.05) is 0 Å². The van der Waals surface area contributed by atoms with Gasteiger partial charge in [-0.1, -0.05) is 39.8 Å². The maximum Gasteiger partial charge on any atom is 0.119 e. The molecular formula is C20H25N3. The molecule has 3 rings (SSSR count). The zero-order valence-electron chi connectivity index (χ0n) is 14.9. The van der Waals surface area contributed by atoms with E-state index in [9.17, 15) is 0 Å². The van der Waals surface area contributed by atoms with E-state index in [-0.39, 0.29) is 5.41 Å². The van der Waals surface area contributed by atoms with Gasteiger partial charge >= 0.3 is 0 Å². The summed E-state index contributed by atoms with van der Waals surface area (Å²) < 4.78 is 2.29. The molecule has 0 saturated carbocycles. The SMILES string of the molecule is CCc1ccc(-n2c(C(C)(C)C)nc3c(C)nc(C)cc32)cc1. The fourth-order valence-corrected chi connectivity index (χ4v) is 3.03. The van der Waals surface area contributed by atoms with Crippen LogP contribution in [0.15, 0.2) is 30.3 Å². The maximum atomic E-state index is 4.94. The molecule has 23 heavy (non-hydrogen) atoms. The van der Waals surface area contributed by atoms with Gasteiger partial charge in [0.2, 0.25) is 0 Å². The quantitative estimate of drug-likeness (QED) is 0.674. The molecule has 0 bridgehead atoms. The van der Waals surface area contributed by atoms with Crippen molar-refractivity contribution in [1.29, 1.82) is 0 Å². The summed E-state index contributed by atoms with van der Waals surface area (Å²) in [6.07, 6.45) is 1.05. The number of aryl methyl sites for hydroxylation is 3. The molecule has 0 aliphatic carbocycles. The first kappa shape index (κ1) is 15.7. The summed E-state index contributed by atoms with van der Waals surface area (Å²) in [5, 5.41) is 0. The molecule has 0 N–H and O–H groups in total. The normalized spacial score (nSPS) is 12.1. The average molecular weight is 307 g/mol. The van der Waals surface area contributed by atoms with Crippen LogP contribution in [-0.2, 0) is 11.8 Å². The summed E-state index contributed by atoms with van der Waals surface area (Å²) in [5.41, 5.74) is 6.65. The first-order valence-corrected chi connectivity index (χ1v) is 8.27. The first-order valence-electron chi connectivity index (χ1n) is 8.27. The Morgan fingerprint density at radius 1 is 1.00 bits per heavy atom. The Labute approximate surface area is 138 Å². The lowest BCUT2D eigenvalue weighted by molar-refractivity contribution is 0.539. The highest BCUT2D eigenvalue weighted by molar-refractivity contribution is 5.81. The molecule has 3 heteroatoms. The lowest BCUT2D eigenvalue weighted by atomic mass is 9.95. The van der Waals surface area contributed by atoms with Crippen LogP contribution in [0.1, 0.15) is 50.5 Å². The Bertz CT molecular complexity index is 849. The number of pyridine rings is 1. The van der Waals surface area contributed by atoms with E-state index in [4.69, 9.17) is 4.98 Å². The van der Waals surface area contributed by atoms with E-state index in [0.717, 1.165) is 34.7 Å². The summed E-state index contributed by atoms with van der Waals surface area (Å²) in [7, 11) is 0. The van der Waals surface area contributed by atoms with Crippen LogP contribution in [0.3, 0.4) is 0 Å². The van der Waals surface area contributed by atoms with E-state index >= 15 is 0 Å². The summed E-state index contributed by atoms with van der Waals surface area (Å²) in [6.45, 7) is 12.9. The number of nitrogens with zero attached hydrogens (tertiary/aromatic N) is 3. The van der Waals surface area contributed by atoms with Crippen LogP contribution >= 0.6 is 0 Å². The van der Waals surface area contributed by atoms with Crippen molar-refractivity contribution in [3.8, 4) is 5.69 Å². The van der Waals surface area contributed by atoms with Gasteiger partial charge in [0.05, 0.1) is 11.2 Å². The molecule has 3 aromatic rings. The summed E-state index contributed by atoms with van der Waals surface area (Å²) in [5.74, 6) is 1.08. The van der Waals surface area contributed by atoms with Crippen LogP contribution in [-0.4, -0.2) is 14.5 Å². The molecule has 0 saturated heterocycles. The second-order valence-electron chi connectivity index (χ2n) is 7.26. The highest BCUT2D eigenvalue weighted by Gasteiger charge is 2.24. The van der Waals surface area contributed by atoms with Gasteiger partial charge in [0, 0.05) is 16.8 Å². The molecule has 0 radical (unpaired) electrons. The minimum atomic E-state index is -0.0389. The van der Waals surface area contributed by atoms with Gasteiger partial charge in [-0.05, 0) is 44.0 Å². The molecule has 0 unspecified atom stereocenters. The minimum Gasteiger partial charge on any atom is -0.296 e. The average Bonchev–Trinajstić information content (AvgIpc) is 2.87. The zero-order chi connectivity index (χ0) is 16.8. The molecule has 0 amide bonds. The maximum absolute atomic E-state index is 4.94. The second kappa shape index (κ2) is 5.48. The van der Waals surface area contributed by atoms with Gasteiger partial charge in [-0.2, -0.15) is 0 Å². The molecular weight excluding hydrogens is 282 g/mol. The van der Waals surface area contributed by atoms with Crippen LogP contribution in [0.4, 0.5) is 0 Å². The summed E-state index contributed by atoms with van der Waals surface area (Å²) in [6, 6.07) is 10.9. The van der Waals surface area contributed by atoms with E-state index in [1.165, 1.54) is 11.3 Å². The molecule has 2 aromatic heterocycles. The third-order valence-corrected chi connectivity index (χ3v) is 4.22. The van der Waals surface area contributed by atoms with Crippen molar-refractivity contribution in [1.82, 2.24) is 14.5 Å². The van der Waals surface area contributed by atoms with Crippen LogP contribution in [0.5, 0.6) is 0 Å². The number of hydrogen-bond acceptors (Lipinski definition) is 2. The number of imidazole rings is 1. The third-order valence-electron chi connectivity index (χ3n) is 4.22. The van der Waals surface area contributed by atoms with Gasteiger partial charge in [0.15, 0.2) is 0 Å². The van der Waals surface area contributed by atoms with Crippen molar-refractivity contribution in [2.45, 2.75) is 53.4 Å². The molecule has 1 aromatic carbocycles. The third kappa shape index (κ3) is 2.76.